The van der Waals surface area contributed by atoms with Crippen molar-refractivity contribution in [1.29, 1.82) is 0 Å². The highest BCUT2D eigenvalue weighted by Crippen LogP contribution is 2.22. The molecule has 0 bridgehead atoms. The molecule has 0 radical (unpaired) electrons. The molecule has 0 unspecified atom stereocenters. The normalized spacial score (nSPS) is 12.0. The highest BCUT2D eigenvalue weighted by molar-refractivity contribution is 6.30. The van der Waals surface area contributed by atoms with Gasteiger partial charge in [-0.2, -0.15) is 5.10 Å². The van der Waals surface area contributed by atoms with E-state index in [2.05, 4.69) is 17.5 Å². The van der Waals surface area contributed by atoms with E-state index in [0.717, 1.165) is 23.3 Å². The summed E-state index contributed by atoms with van der Waals surface area (Å²) < 4.78 is 11.2. The van der Waals surface area contributed by atoms with Gasteiger partial charge in [0, 0.05) is 5.02 Å². The maximum absolute atomic E-state index is 12.1. The van der Waals surface area contributed by atoms with Gasteiger partial charge in [0.25, 0.3) is 5.91 Å². The van der Waals surface area contributed by atoms with E-state index in [1.165, 1.54) is 0 Å². The van der Waals surface area contributed by atoms with Crippen molar-refractivity contribution in [3.63, 3.8) is 0 Å². The zero-order valence-electron chi connectivity index (χ0n) is 15.2. The van der Waals surface area contributed by atoms with Gasteiger partial charge in [0.1, 0.15) is 11.5 Å². The molecule has 26 heavy (non-hydrogen) atoms. The predicted molar refractivity (Wildman–Crippen MR) is 104 cm³/mol. The fraction of sp³-hybridized carbons (Fsp3) is 0.300. The molecule has 2 rings (SSSR count). The van der Waals surface area contributed by atoms with Gasteiger partial charge in [0.05, 0.1) is 12.8 Å². The fourth-order valence-electron chi connectivity index (χ4n) is 2.12. The minimum absolute atomic E-state index is 0.335. The van der Waals surface area contributed by atoms with Crippen molar-refractivity contribution in [2.24, 2.45) is 5.10 Å². The van der Waals surface area contributed by atoms with Gasteiger partial charge in [-0.25, -0.2) is 5.43 Å². The molecule has 0 saturated heterocycles. The molecular weight excluding hydrogens is 352 g/mol. The molecule has 0 heterocycles. The molecule has 2 aromatic carbocycles. The first-order valence-electron chi connectivity index (χ1n) is 8.48. The monoisotopic (exact) mass is 374 g/mol. The van der Waals surface area contributed by atoms with Crippen LogP contribution in [0.25, 0.3) is 0 Å². The summed E-state index contributed by atoms with van der Waals surface area (Å²) in [5.41, 5.74) is 4.20. The third kappa shape index (κ3) is 6.08. The maximum Gasteiger partial charge on any atom is 0.280 e. The summed E-state index contributed by atoms with van der Waals surface area (Å²) in [6.45, 7) is 6.29. The lowest BCUT2D eigenvalue weighted by Crippen LogP contribution is -2.33. The number of halogens is 1. The molecule has 0 spiro atoms. The predicted octanol–water partition coefficient (Wildman–Crippen LogP) is 4.35. The lowest BCUT2D eigenvalue weighted by atomic mass is 10.2. The molecule has 5 nitrogen and oxygen atoms in total. The Bertz CT molecular complexity index is 760. The van der Waals surface area contributed by atoms with Gasteiger partial charge in [0.15, 0.2) is 6.10 Å². The first kappa shape index (κ1) is 19.8. The number of carbonyl (C=O) groups is 1. The number of hydrogen-bond acceptors (Lipinski definition) is 4. The molecule has 0 aliphatic heterocycles. The average Bonchev–Trinajstić information content (AvgIpc) is 2.63. The molecule has 0 aromatic heterocycles. The van der Waals surface area contributed by atoms with Gasteiger partial charge in [-0.05, 0) is 73.9 Å². The van der Waals surface area contributed by atoms with Crippen LogP contribution < -0.4 is 14.9 Å². The Kier molecular flexibility index (Phi) is 7.48. The second kappa shape index (κ2) is 9.82. The van der Waals surface area contributed by atoms with Gasteiger partial charge in [-0.15, -0.1) is 0 Å². The van der Waals surface area contributed by atoms with Crippen molar-refractivity contribution >= 4 is 23.7 Å². The van der Waals surface area contributed by atoms with Crippen molar-refractivity contribution in [3.05, 3.63) is 58.6 Å². The van der Waals surface area contributed by atoms with Crippen molar-refractivity contribution in [3.8, 4) is 11.5 Å². The zero-order valence-corrected chi connectivity index (χ0v) is 15.9. The minimum Gasteiger partial charge on any atom is -0.494 e. The quantitative estimate of drug-likeness (QED) is 0.551. The van der Waals surface area contributed by atoms with E-state index in [9.17, 15) is 4.79 Å². The largest absolute Gasteiger partial charge is 0.494 e. The highest BCUT2D eigenvalue weighted by atomic mass is 35.5. The van der Waals surface area contributed by atoms with Crippen molar-refractivity contribution in [1.82, 2.24) is 5.43 Å². The molecule has 0 aliphatic rings. The van der Waals surface area contributed by atoms with Gasteiger partial charge < -0.3 is 9.47 Å². The molecule has 6 heteroatoms. The van der Waals surface area contributed by atoms with E-state index in [1.54, 1.807) is 31.3 Å². The molecule has 2 aromatic rings. The number of rotatable bonds is 8. The molecular formula is C20H23ClN2O3. The van der Waals surface area contributed by atoms with Crippen LogP contribution in [0.15, 0.2) is 47.6 Å². The Hall–Kier alpha value is -2.53. The van der Waals surface area contributed by atoms with Crippen molar-refractivity contribution < 1.29 is 14.3 Å². The Morgan fingerprint density at radius 3 is 2.65 bits per heavy atom. The summed E-state index contributed by atoms with van der Waals surface area (Å²) in [5, 5.41) is 4.59. The summed E-state index contributed by atoms with van der Waals surface area (Å²) >= 11 is 5.92. The molecule has 0 fully saturated rings. The van der Waals surface area contributed by atoms with Crippen LogP contribution in [0.4, 0.5) is 0 Å². The number of hydrogen-bond donors (Lipinski definition) is 1. The van der Waals surface area contributed by atoms with Gasteiger partial charge >= 0.3 is 0 Å². The standard InChI is InChI=1S/C20H23ClN2O3/c1-4-11-25-18-8-5-16(6-9-18)13-22-23-20(24)15(3)26-19-10-7-17(21)12-14(19)2/h5-10,12-13,15H,4,11H2,1-3H3,(H,23,24)/b22-13+/t15-/m1/s1. The van der Waals surface area contributed by atoms with Crippen LogP contribution in [0.5, 0.6) is 11.5 Å². The van der Waals surface area contributed by atoms with Crippen LogP contribution in [0, 0.1) is 6.92 Å². The highest BCUT2D eigenvalue weighted by Gasteiger charge is 2.15. The number of aryl methyl sites for hydroxylation is 1. The van der Waals surface area contributed by atoms with E-state index in [0.29, 0.717) is 17.4 Å². The number of nitrogens with zero attached hydrogens (tertiary/aromatic N) is 1. The van der Waals surface area contributed by atoms with Crippen LogP contribution in [-0.4, -0.2) is 24.8 Å². The SMILES string of the molecule is CCCOc1ccc(/C=N/NC(=O)[C@@H](C)Oc2ccc(Cl)cc2C)cc1. The Labute approximate surface area is 159 Å². The molecule has 1 N–H and O–H groups in total. The fourth-order valence-corrected chi connectivity index (χ4v) is 2.35. The van der Waals surface area contributed by atoms with Crippen LogP contribution in [0.3, 0.4) is 0 Å². The van der Waals surface area contributed by atoms with E-state index in [4.69, 9.17) is 21.1 Å². The first-order valence-corrected chi connectivity index (χ1v) is 8.86. The van der Waals surface area contributed by atoms with Gasteiger partial charge in [0.2, 0.25) is 0 Å². The summed E-state index contributed by atoms with van der Waals surface area (Å²) in [5.74, 6) is 1.09. The Morgan fingerprint density at radius 1 is 1.27 bits per heavy atom. The van der Waals surface area contributed by atoms with E-state index < -0.39 is 6.10 Å². The number of carbonyl (C=O) groups excluding carboxylic acids is 1. The Balaban J connectivity index is 1.85. The summed E-state index contributed by atoms with van der Waals surface area (Å²) in [4.78, 5) is 12.1. The maximum atomic E-state index is 12.1. The van der Waals surface area contributed by atoms with Crippen molar-refractivity contribution in [2.45, 2.75) is 33.3 Å². The molecule has 1 atom stereocenters. The summed E-state index contributed by atoms with van der Waals surface area (Å²) in [6, 6.07) is 12.7. The summed E-state index contributed by atoms with van der Waals surface area (Å²) in [6.07, 6.45) is 1.85. The van der Waals surface area contributed by atoms with E-state index in [-0.39, 0.29) is 5.91 Å². The van der Waals surface area contributed by atoms with Gasteiger partial charge in [-0.3, -0.25) is 4.79 Å². The summed E-state index contributed by atoms with van der Waals surface area (Å²) in [7, 11) is 0. The number of amides is 1. The van der Waals surface area contributed by atoms with E-state index in [1.807, 2.05) is 31.2 Å². The topological polar surface area (TPSA) is 59.9 Å². The third-order valence-corrected chi connectivity index (χ3v) is 3.79. The second-order valence-electron chi connectivity index (χ2n) is 5.82. The molecule has 138 valence electrons. The number of nitrogens with one attached hydrogen (secondary N) is 1. The van der Waals surface area contributed by atoms with Gasteiger partial charge in [-0.1, -0.05) is 18.5 Å². The lowest BCUT2D eigenvalue weighted by Gasteiger charge is -2.14. The van der Waals surface area contributed by atoms with Crippen LogP contribution in [0.2, 0.25) is 5.02 Å². The van der Waals surface area contributed by atoms with Crippen LogP contribution in [-0.2, 0) is 4.79 Å². The first-order chi connectivity index (χ1) is 12.5. The van der Waals surface area contributed by atoms with Crippen LogP contribution in [0.1, 0.15) is 31.4 Å². The molecule has 0 aliphatic carbocycles. The zero-order chi connectivity index (χ0) is 18.9. The van der Waals surface area contributed by atoms with Crippen LogP contribution >= 0.6 is 11.6 Å². The second-order valence-corrected chi connectivity index (χ2v) is 6.26. The molecule has 1 amide bonds. The lowest BCUT2D eigenvalue weighted by molar-refractivity contribution is -0.127. The third-order valence-electron chi connectivity index (χ3n) is 3.55. The molecule has 0 saturated carbocycles. The van der Waals surface area contributed by atoms with Crippen molar-refractivity contribution in [2.75, 3.05) is 6.61 Å². The average molecular weight is 375 g/mol. The number of hydrazone groups is 1. The smallest absolute Gasteiger partial charge is 0.280 e. The number of benzene rings is 2. The minimum atomic E-state index is -0.683. The van der Waals surface area contributed by atoms with E-state index >= 15 is 0 Å². The Morgan fingerprint density at radius 2 is 2.00 bits per heavy atom. The number of ether oxygens (including phenoxy) is 2.